The monoisotopic (exact) mass is 361 g/mol. The number of nitriles is 1. The van der Waals surface area contributed by atoms with Crippen molar-refractivity contribution in [1.29, 1.82) is 5.26 Å². The highest BCUT2D eigenvalue weighted by Gasteiger charge is 2.14. The van der Waals surface area contributed by atoms with Crippen LogP contribution in [-0.2, 0) is 0 Å². The number of nitrogens with one attached hydrogen (secondary N) is 1. The number of para-hydroxylation sites is 1. The SMILES string of the molecule is Cc1ccccc1C(=NO)c1ccc(Nc2ccccc2C#N)cc1Cl. The number of hydrogen-bond donors (Lipinski definition) is 2. The van der Waals surface area contributed by atoms with E-state index in [9.17, 15) is 10.5 Å². The first-order valence-electron chi connectivity index (χ1n) is 7.98. The van der Waals surface area contributed by atoms with E-state index < -0.39 is 0 Å². The van der Waals surface area contributed by atoms with Crippen LogP contribution in [0.2, 0.25) is 5.02 Å². The summed E-state index contributed by atoms with van der Waals surface area (Å²) in [5.41, 5.74) is 4.83. The first-order valence-corrected chi connectivity index (χ1v) is 8.36. The van der Waals surface area contributed by atoms with Crippen molar-refractivity contribution in [3.63, 3.8) is 0 Å². The zero-order valence-corrected chi connectivity index (χ0v) is 14.8. The molecule has 128 valence electrons. The van der Waals surface area contributed by atoms with Gasteiger partial charge in [-0.15, -0.1) is 0 Å². The molecule has 0 spiro atoms. The Morgan fingerprint density at radius 1 is 1.04 bits per heavy atom. The van der Waals surface area contributed by atoms with E-state index in [0.29, 0.717) is 27.5 Å². The molecular formula is C21H16ClN3O. The highest BCUT2D eigenvalue weighted by Crippen LogP contribution is 2.28. The van der Waals surface area contributed by atoms with Crippen LogP contribution in [0.1, 0.15) is 22.3 Å². The molecule has 3 aromatic carbocycles. The lowest BCUT2D eigenvalue weighted by Gasteiger charge is -2.13. The molecule has 5 heteroatoms. The normalized spacial score (nSPS) is 11.0. The lowest BCUT2D eigenvalue weighted by atomic mass is 9.98. The van der Waals surface area contributed by atoms with Crippen LogP contribution in [-0.4, -0.2) is 10.9 Å². The smallest absolute Gasteiger partial charge is 0.118 e. The van der Waals surface area contributed by atoms with Gasteiger partial charge in [0.2, 0.25) is 0 Å². The van der Waals surface area contributed by atoms with Crippen LogP contribution >= 0.6 is 11.6 Å². The van der Waals surface area contributed by atoms with Crippen LogP contribution < -0.4 is 5.32 Å². The van der Waals surface area contributed by atoms with E-state index in [1.54, 1.807) is 18.2 Å². The lowest BCUT2D eigenvalue weighted by molar-refractivity contribution is 0.319. The number of hydrogen-bond acceptors (Lipinski definition) is 4. The van der Waals surface area contributed by atoms with Gasteiger partial charge in [-0.3, -0.25) is 0 Å². The Hall–Kier alpha value is -3.29. The van der Waals surface area contributed by atoms with Crippen LogP contribution in [0, 0.1) is 18.3 Å². The Bertz CT molecular complexity index is 1020. The van der Waals surface area contributed by atoms with E-state index in [4.69, 9.17) is 11.6 Å². The number of halogens is 1. The third kappa shape index (κ3) is 3.53. The van der Waals surface area contributed by atoms with Gasteiger partial charge in [-0.05, 0) is 42.8 Å². The van der Waals surface area contributed by atoms with Crippen LogP contribution in [0.15, 0.2) is 71.9 Å². The van der Waals surface area contributed by atoms with Gasteiger partial charge < -0.3 is 10.5 Å². The predicted molar refractivity (Wildman–Crippen MR) is 104 cm³/mol. The van der Waals surface area contributed by atoms with Gasteiger partial charge >= 0.3 is 0 Å². The van der Waals surface area contributed by atoms with Gasteiger partial charge in [0.25, 0.3) is 0 Å². The summed E-state index contributed by atoms with van der Waals surface area (Å²) in [6.07, 6.45) is 0. The maximum absolute atomic E-state index is 9.53. The lowest BCUT2D eigenvalue weighted by Crippen LogP contribution is -2.06. The molecule has 0 bridgehead atoms. The number of benzene rings is 3. The topological polar surface area (TPSA) is 68.4 Å². The Balaban J connectivity index is 1.95. The standard InChI is InChI=1S/C21H16ClN3O/c1-14-6-2-4-8-17(14)21(25-26)18-11-10-16(12-19(18)22)24-20-9-5-3-7-15(20)13-23/h2-12,24,26H,1H3. The Kier molecular flexibility index (Phi) is 5.21. The summed E-state index contributed by atoms with van der Waals surface area (Å²) in [7, 11) is 0. The van der Waals surface area contributed by atoms with Crippen molar-refractivity contribution < 1.29 is 5.21 Å². The maximum Gasteiger partial charge on any atom is 0.118 e. The van der Waals surface area contributed by atoms with Gasteiger partial charge in [-0.25, -0.2) is 0 Å². The van der Waals surface area contributed by atoms with E-state index in [0.717, 1.165) is 16.8 Å². The van der Waals surface area contributed by atoms with Crippen molar-refractivity contribution in [1.82, 2.24) is 0 Å². The summed E-state index contributed by atoms with van der Waals surface area (Å²) in [5.74, 6) is 0. The minimum absolute atomic E-state index is 0.414. The molecule has 26 heavy (non-hydrogen) atoms. The number of aryl methyl sites for hydroxylation is 1. The fourth-order valence-corrected chi connectivity index (χ4v) is 2.99. The molecule has 0 radical (unpaired) electrons. The van der Waals surface area contributed by atoms with E-state index in [1.807, 2.05) is 55.5 Å². The fourth-order valence-electron chi connectivity index (χ4n) is 2.72. The Morgan fingerprint density at radius 3 is 2.46 bits per heavy atom. The van der Waals surface area contributed by atoms with Gasteiger partial charge in [0, 0.05) is 16.8 Å². The molecule has 0 saturated carbocycles. The molecule has 0 unspecified atom stereocenters. The molecule has 0 aromatic heterocycles. The molecule has 0 amide bonds. The van der Waals surface area contributed by atoms with E-state index in [1.165, 1.54) is 0 Å². The molecule has 0 aliphatic rings. The molecule has 0 heterocycles. The average Bonchev–Trinajstić information content (AvgIpc) is 2.66. The van der Waals surface area contributed by atoms with Crippen LogP contribution in [0.5, 0.6) is 0 Å². The number of anilines is 2. The van der Waals surface area contributed by atoms with Crippen molar-refractivity contribution >= 4 is 28.7 Å². The summed E-state index contributed by atoms with van der Waals surface area (Å²) in [6.45, 7) is 1.95. The van der Waals surface area contributed by atoms with Crippen molar-refractivity contribution in [3.8, 4) is 6.07 Å². The van der Waals surface area contributed by atoms with Crippen LogP contribution in [0.4, 0.5) is 11.4 Å². The van der Waals surface area contributed by atoms with Crippen molar-refractivity contribution in [2.24, 2.45) is 5.16 Å². The largest absolute Gasteiger partial charge is 0.410 e. The van der Waals surface area contributed by atoms with E-state index >= 15 is 0 Å². The highest BCUT2D eigenvalue weighted by atomic mass is 35.5. The fraction of sp³-hybridized carbons (Fsp3) is 0.0476. The van der Waals surface area contributed by atoms with Gasteiger partial charge in [-0.2, -0.15) is 5.26 Å². The second-order valence-corrected chi connectivity index (χ2v) is 6.15. The molecule has 3 rings (SSSR count). The minimum Gasteiger partial charge on any atom is -0.410 e. The van der Waals surface area contributed by atoms with E-state index in [-0.39, 0.29) is 0 Å². The predicted octanol–water partition coefficient (Wildman–Crippen LogP) is 5.49. The van der Waals surface area contributed by atoms with Crippen LogP contribution in [0.25, 0.3) is 0 Å². The quantitative estimate of drug-likeness (QED) is 0.366. The molecule has 0 aliphatic carbocycles. The highest BCUT2D eigenvalue weighted by molar-refractivity contribution is 6.35. The molecule has 0 atom stereocenters. The second kappa shape index (κ2) is 7.73. The summed E-state index contributed by atoms with van der Waals surface area (Å²) >= 11 is 6.45. The third-order valence-corrected chi connectivity index (χ3v) is 4.36. The molecule has 4 nitrogen and oxygen atoms in total. The first-order chi connectivity index (χ1) is 12.6. The number of oxime groups is 1. The zero-order chi connectivity index (χ0) is 18.5. The van der Waals surface area contributed by atoms with Crippen molar-refractivity contribution in [2.45, 2.75) is 6.92 Å². The second-order valence-electron chi connectivity index (χ2n) is 5.74. The number of nitrogens with zero attached hydrogens (tertiary/aromatic N) is 2. The average molecular weight is 362 g/mol. The maximum atomic E-state index is 9.53. The van der Waals surface area contributed by atoms with Crippen molar-refractivity contribution in [2.75, 3.05) is 5.32 Å². The number of rotatable bonds is 4. The minimum atomic E-state index is 0.414. The summed E-state index contributed by atoms with van der Waals surface area (Å²) in [6, 6.07) is 22.4. The van der Waals surface area contributed by atoms with Gasteiger partial charge in [-0.1, -0.05) is 53.2 Å². The molecule has 0 aliphatic heterocycles. The van der Waals surface area contributed by atoms with Gasteiger partial charge in [0.15, 0.2) is 0 Å². The molecule has 3 aromatic rings. The van der Waals surface area contributed by atoms with Gasteiger partial charge in [0.05, 0.1) is 16.3 Å². The summed E-state index contributed by atoms with van der Waals surface area (Å²) in [5, 5.41) is 25.8. The Morgan fingerprint density at radius 2 is 1.77 bits per heavy atom. The summed E-state index contributed by atoms with van der Waals surface area (Å²) < 4.78 is 0. The van der Waals surface area contributed by atoms with Crippen LogP contribution in [0.3, 0.4) is 0 Å². The third-order valence-electron chi connectivity index (χ3n) is 4.05. The van der Waals surface area contributed by atoms with E-state index in [2.05, 4.69) is 16.5 Å². The molecular weight excluding hydrogens is 346 g/mol. The first kappa shape index (κ1) is 17.5. The van der Waals surface area contributed by atoms with Gasteiger partial charge in [0.1, 0.15) is 11.8 Å². The molecule has 0 saturated heterocycles. The zero-order valence-electron chi connectivity index (χ0n) is 14.1. The van der Waals surface area contributed by atoms with Crippen molar-refractivity contribution in [3.05, 3.63) is 94.0 Å². The molecule has 0 fully saturated rings. The summed E-state index contributed by atoms with van der Waals surface area (Å²) in [4.78, 5) is 0. The Labute approximate surface area is 157 Å². The molecule has 2 N–H and O–H groups in total.